The van der Waals surface area contributed by atoms with Gasteiger partial charge < -0.3 is 14.8 Å². The molecule has 1 N–H and O–H groups in total. The van der Waals surface area contributed by atoms with Crippen molar-refractivity contribution in [1.82, 2.24) is 5.32 Å². The van der Waals surface area contributed by atoms with Gasteiger partial charge in [0, 0.05) is 37.2 Å². The summed E-state index contributed by atoms with van der Waals surface area (Å²) in [6.45, 7) is 1.46. The van der Waals surface area contributed by atoms with Gasteiger partial charge in [-0.25, -0.2) is 0 Å². The van der Waals surface area contributed by atoms with E-state index in [1.54, 1.807) is 7.11 Å². The molecule has 0 bridgehead atoms. The lowest BCUT2D eigenvalue weighted by Gasteiger charge is -2.47. The van der Waals surface area contributed by atoms with Crippen LogP contribution < -0.4 is 5.32 Å². The molecule has 4 rings (SSSR count). The third-order valence-electron chi connectivity index (χ3n) is 5.80. The van der Waals surface area contributed by atoms with Gasteiger partial charge in [-0.1, -0.05) is 6.07 Å². The molecule has 0 unspecified atom stereocenters. The van der Waals surface area contributed by atoms with Crippen LogP contribution in [0.3, 0.4) is 0 Å². The number of carbonyl (C=O) groups excluding carboxylic acids is 1. The van der Waals surface area contributed by atoms with Gasteiger partial charge in [0.05, 0.1) is 12.7 Å². The van der Waals surface area contributed by atoms with E-state index < -0.39 is 0 Å². The standard InChI is InChI=1S/C19H25NO3/c1-22-11-16-17(15-8-9-23-18(15)16)20-19(21)14-7-6-12-4-2-3-5-13(12)10-14/h6-7,10,15-18H,2-5,8-9,11H2,1H3,(H,20,21)/t15-,16+,17-,18-/m1/s1. The first kappa shape index (κ1) is 15.2. The third kappa shape index (κ3) is 2.68. The highest BCUT2D eigenvalue weighted by Crippen LogP contribution is 2.43. The van der Waals surface area contributed by atoms with E-state index in [2.05, 4.69) is 17.4 Å². The van der Waals surface area contributed by atoms with E-state index in [9.17, 15) is 4.79 Å². The van der Waals surface area contributed by atoms with Crippen molar-refractivity contribution in [1.29, 1.82) is 0 Å². The average Bonchev–Trinajstić information content (AvgIpc) is 3.01. The molecule has 4 nitrogen and oxygen atoms in total. The number of methoxy groups -OCH3 is 1. The van der Waals surface area contributed by atoms with E-state index >= 15 is 0 Å². The van der Waals surface area contributed by atoms with Crippen LogP contribution in [0.5, 0.6) is 0 Å². The molecule has 2 aliphatic carbocycles. The van der Waals surface area contributed by atoms with Crippen molar-refractivity contribution in [2.24, 2.45) is 11.8 Å². The van der Waals surface area contributed by atoms with Gasteiger partial charge in [0.25, 0.3) is 5.91 Å². The van der Waals surface area contributed by atoms with E-state index in [-0.39, 0.29) is 24.0 Å². The number of amides is 1. The van der Waals surface area contributed by atoms with Crippen LogP contribution in [0, 0.1) is 11.8 Å². The molecule has 1 saturated carbocycles. The van der Waals surface area contributed by atoms with Gasteiger partial charge in [-0.15, -0.1) is 0 Å². The van der Waals surface area contributed by atoms with E-state index in [1.807, 2.05) is 6.07 Å². The summed E-state index contributed by atoms with van der Waals surface area (Å²) in [5, 5.41) is 3.25. The van der Waals surface area contributed by atoms with Crippen molar-refractivity contribution in [3.8, 4) is 0 Å². The lowest BCUT2D eigenvalue weighted by atomic mass is 9.67. The summed E-state index contributed by atoms with van der Waals surface area (Å²) in [5.41, 5.74) is 3.56. The maximum absolute atomic E-state index is 12.7. The summed E-state index contributed by atoms with van der Waals surface area (Å²) in [6, 6.07) is 6.40. The Labute approximate surface area is 137 Å². The number of nitrogens with one attached hydrogen (secondary N) is 1. The quantitative estimate of drug-likeness (QED) is 0.928. The van der Waals surface area contributed by atoms with Crippen molar-refractivity contribution < 1.29 is 14.3 Å². The molecule has 4 heteroatoms. The number of benzene rings is 1. The molecule has 1 amide bonds. The van der Waals surface area contributed by atoms with Gasteiger partial charge in [0.15, 0.2) is 0 Å². The van der Waals surface area contributed by atoms with Crippen molar-refractivity contribution in [3.05, 3.63) is 34.9 Å². The van der Waals surface area contributed by atoms with E-state index in [1.165, 1.54) is 24.0 Å². The summed E-state index contributed by atoms with van der Waals surface area (Å²) in [5.74, 6) is 0.792. The molecule has 1 saturated heterocycles. The molecular formula is C19H25NO3. The first-order valence-electron chi connectivity index (χ1n) is 8.81. The summed E-state index contributed by atoms with van der Waals surface area (Å²) in [6.07, 6.45) is 6.06. The molecule has 1 heterocycles. The topological polar surface area (TPSA) is 47.6 Å². The second-order valence-electron chi connectivity index (χ2n) is 7.10. The Hall–Kier alpha value is -1.39. The van der Waals surface area contributed by atoms with Crippen LogP contribution in [0.4, 0.5) is 0 Å². The van der Waals surface area contributed by atoms with Crippen LogP contribution in [0.1, 0.15) is 40.7 Å². The summed E-state index contributed by atoms with van der Waals surface area (Å²) < 4.78 is 11.1. The van der Waals surface area contributed by atoms with Gasteiger partial charge in [0.2, 0.25) is 0 Å². The lowest BCUT2D eigenvalue weighted by molar-refractivity contribution is -0.0809. The maximum atomic E-state index is 12.7. The van der Waals surface area contributed by atoms with E-state index in [0.29, 0.717) is 12.5 Å². The van der Waals surface area contributed by atoms with Crippen molar-refractivity contribution >= 4 is 5.91 Å². The number of carbonyl (C=O) groups is 1. The van der Waals surface area contributed by atoms with Gasteiger partial charge in [-0.05, 0) is 55.4 Å². The molecule has 124 valence electrons. The Morgan fingerprint density at radius 1 is 1.30 bits per heavy atom. The Balaban J connectivity index is 1.47. The fourth-order valence-corrected chi connectivity index (χ4v) is 4.54. The Bertz CT molecular complexity index is 600. The summed E-state index contributed by atoms with van der Waals surface area (Å²) in [7, 11) is 1.71. The highest BCUT2D eigenvalue weighted by molar-refractivity contribution is 5.94. The summed E-state index contributed by atoms with van der Waals surface area (Å²) in [4.78, 5) is 12.7. The van der Waals surface area contributed by atoms with Crippen LogP contribution in [0.15, 0.2) is 18.2 Å². The van der Waals surface area contributed by atoms with Gasteiger partial charge >= 0.3 is 0 Å². The Kier molecular flexibility index (Phi) is 4.12. The molecule has 2 fully saturated rings. The van der Waals surface area contributed by atoms with Gasteiger partial charge in [-0.3, -0.25) is 4.79 Å². The van der Waals surface area contributed by atoms with Crippen molar-refractivity contribution in [2.75, 3.05) is 20.3 Å². The first-order chi connectivity index (χ1) is 11.3. The monoisotopic (exact) mass is 315 g/mol. The van der Waals surface area contributed by atoms with Gasteiger partial charge in [-0.2, -0.15) is 0 Å². The smallest absolute Gasteiger partial charge is 0.251 e. The second-order valence-corrected chi connectivity index (χ2v) is 7.10. The normalized spacial score (nSPS) is 31.9. The van der Waals surface area contributed by atoms with Crippen molar-refractivity contribution in [2.45, 2.75) is 44.2 Å². The highest BCUT2D eigenvalue weighted by Gasteiger charge is 2.54. The zero-order chi connectivity index (χ0) is 15.8. The molecule has 3 aliphatic rings. The number of fused-ring (bicyclic) bond motifs is 2. The number of rotatable bonds is 4. The predicted molar refractivity (Wildman–Crippen MR) is 87.6 cm³/mol. The average molecular weight is 315 g/mol. The molecular weight excluding hydrogens is 290 g/mol. The number of ether oxygens (including phenoxy) is 2. The second kappa shape index (κ2) is 6.25. The first-order valence-corrected chi connectivity index (χ1v) is 8.81. The van der Waals surface area contributed by atoms with Crippen LogP contribution >= 0.6 is 0 Å². The van der Waals surface area contributed by atoms with E-state index in [0.717, 1.165) is 31.4 Å². The number of hydrogen-bond acceptors (Lipinski definition) is 3. The molecule has 0 spiro atoms. The molecule has 0 aromatic heterocycles. The minimum Gasteiger partial charge on any atom is -0.384 e. The largest absolute Gasteiger partial charge is 0.384 e. The maximum Gasteiger partial charge on any atom is 0.251 e. The minimum absolute atomic E-state index is 0.0508. The Morgan fingerprint density at radius 2 is 2.13 bits per heavy atom. The molecule has 23 heavy (non-hydrogen) atoms. The van der Waals surface area contributed by atoms with Crippen molar-refractivity contribution in [3.63, 3.8) is 0 Å². The highest BCUT2D eigenvalue weighted by atomic mass is 16.5. The van der Waals surface area contributed by atoms with Crippen LogP contribution in [0.25, 0.3) is 0 Å². The number of aryl methyl sites for hydroxylation is 2. The molecule has 4 atom stereocenters. The third-order valence-corrected chi connectivity index (χ3v) is 5.80. The lowest BCUT2D eigenvalue weighted by Crippen LogP contribution is -2.62. The Morgan fingerprint density at radius 3 is 2.96 bits per heavy atom. The van der Waals surface area contributed by atoms with Crippen LogP contribution in [-0.4, -0.2) is 38.4 Å². The van der Waals surface area contributed by atoms with Crippen LogP contribution in [0.2, 0.25) is 0 Å². The minimum atomic E-state index is 0.0508. The van der Waals surface area contributed by atoms with Crippen LogP contribution in [-0.2, 0) is 22.3 Å². The fraction of sp³-hybridized carbons (Fsp3) is 0.632. The SMILES string of the molecule is COC[C@H]1[C@H](NC(=O)c2ccc3c(c2)CCCC3)[C@H]2CCO[C@H]21. The molecule has 0 radical (unpaired) electrons. The zero-order valence-electron chi connectivity index (χ0n) is 13.7. The van der Waals surface area contributed by atoms with E-state index in [4.69, 9.17) is 9.47 Å². The zero-order valence-corrected chi connectivity index (χ0v) is 13.7. The molecule has 1 aromatic rings. The predicted octanol–water partition coefficient (Wildman–Crippen LogP) is 2.35. The molecule has 1 aliphatic heterocycles. The van der Waals surface area contributed by atoms with Gasteiger partial charge in [0.1, 0.15) is 0 Å². The fourth-order valence-electron chi connectivity index (χ4n) is 4.54. The molecule has 1 aromatic carbocycles. The number of hydrogen-bond donors (Lipinski definition) is 1. The summed E-state index contributed by atoms with van der Waals surface area (Å²) >= 11 is 0.